The van der Waals surface area contributed by atoms with Crippen molar-refractivity contribution in [2.75, 3.05) is 18.0 Å². The molecule has 1 aliphatic heterocycles. The van der Waals surface area contributed by atoms with Gasteiger partial charge in [-0.15, -0.1) is 10.2 Å². The van der Waals surface area contributed by atoms with E-state index in [4.69, 9.17) is 8.94 Å². The van der Waals surface area contributed by atoms with Crippen molar-refractivity contribution in [2.24, 2.45) is 5.92 Å². The molecule has 3 aromatic heterocycles. The Bertz CT molecular complexity index is 919. The van der Waals surface area contributed by atoms with E-state index in [1.807, 2.05) is 12.1 Å². The van der Waals surface area contributed by atoms with Crippen LogP contribution in [0.25, 0.3) is 0 Å². The molecule has 0 unspecified atom stereocenters. The van der Waals surface area contributed by atoms with Crippen LogP contribution in [-0.4, -0.2) is 38.0 Å². The highest BCUT2D eigenvalue weighted by atomic mass is 32.2. The van der Waals surface area contributed by atoms with Gasteiger partial charge in [0.1, 0.15) is 5.76 Å². The summed E-state index contributed by atoms with van der Waals surface area (Å²) in [4.78, 5) is 6.85. The van der Waals surface area contributed by atoms with Gasteiger partial charge in [0.05, 0.1) is 18.6 Å². The maximum absolute atomic E-state index is 5.58. The Hall–Kier alpha value is -2.29. The maximum Gasteiger partial charge on any atom is 0.237 e. The third-order valence-corrected chi connectivity index (χ3v) is 6.07. The first-order chi connectivity index (χ1) is 13.9. The zero-order valence-corrected chi connectivity index (χ0v) is 18.3. The minimum absolute atomic E-state index is 0.135. The lowest BCUT2D eigenvalue weighted by Crippen LogP contribution is -2.35. The van der Waals surface area contributed by atoms with Crippen LogP contribution < -0.4 is 4.90 Å². The normalized spacial score (nSPS) is 15.9. The molecule has 1 saturated heterocycles. The molecule has 1 aliphatic rings. The number of hydrogen-bond acceptors (Lipinski definition) is 8. The van der Waals surface area contributed by atoms with Gasteiger partial charge in [0, 0.05) is 18.5 Å². The number of furan rings is 1. The van der Waals surface area contributed by atoms with E-state index < -0.39 is 0 Å². The Morgan fingerprint density at radius 1 is 1.21 bits per heavy atom. The molecule has 4 heterocycles. The minimum atomic E-state index is -0.135. The summed E-state index contributed by atoms with van der Waals surface area (Å²) in [6.07, 6.45) is 4.04. The molecule has 0 spiro atoms. The third kappa shape index (κ3) is 4.66. The molecule has 0 amide bonds. The van der Waals surface area contributed by atoms with Crippen LogP contribution in [-0.2, 0) is 17.7 Å². The average molecular weight is 417 g/mol. The second-order valence-electron chi connectivity index (χ2n) is 8.67. The van der Waals surface area contributed by atoms with Gasteiger partial charge >= 0.3 is 0 Å². The predicted molar refractivity (Wildman–Crippen MR) is 111 cm³/mol. The van der Waals surface area contributed by atoms with E-state index in [9.17, 15) is 0 Å². The van der Waals surface area contributed by atoms with Gasteiger partial charge < -0.3 is 13.8 Å². The van der Waals surface area contributed by atoms with Crippen LogP contribution >= 0.6 is 11.8 Å². The fourth-order valence-electron chi connectivity index (χ4n) is 3.27. The van der Waals surface area contributed by atoms with E-state index in [-0.39, 0.29) is 5.41 Å². The molecule has 3 aromatic rings. The van der Waals surface area contributed by atoms with E-state index in [1.165, 1.54) is 12.8 Å². The molecule has 0 aliphatic carbocycles. The molecular weight excluding hydrogens is 388 g/mol. The van der Waals surface area contributed by atoms with Gasteiger partial charge in [0.2, 0.25) is 11.8 Å². The topological polar surface area (TPSA) is 86.0 Å². The molecule has 9 heteroatoms. The zero-order valence-electron chi connectivity index (χ0n) is 17.5. The zero-order chi connectivity index (χ0) is 20.4. The van der Waals surface area contributed by atoms with Gasteiger partial charge in [0.25, 0.3) is 0 Å². The number of nitrogens with zero attached hydrogens (tertiary/aromatic N) is 6. The predicted octanol–water partition coefficient (Wildman–Crippen LogP) is 4.13. The van der Waals surface area contributed by atoms with Gasteiger partial charge in [-0.2, -0.15) is 4.98 Å². The van der Waals surface area contributed by atoms with Crippen LogP contribution in [0.2, 0.25) is 0 Å². The molecule has 4 rings (SSSR count). The quantitative estimate of drug-likeness (QED) is 0.555. The van der Waals surface area contributed by atoms with Gasteiger partial charge in [-0.1, -0.05) is 44.6 Å². The molecule has 0 N–H and O–H groups in total. The van der Waals surface area contributed by atoms with Crippen LogP contribution in [0.1, 0.15) is 58.0 Å². The Morgan fingerprint density at radius 3 is 2.66 bits per heavy atom. The molecule has 0 aromatic carbocycles. The highest BCUT2D eigenvalue weighted by Crippen LogP contribution is 2.29. The molecule has 8 nitrogen and oxygen atoms in total. The van der Waals surface area contributed by atoms with Crippen molar-refractivity contribution in [1.29, 1.82) is 0 Å². The Balaban J connectivity index is 1.53. The Labute approximate surface area is 175 Å². The second kappa shape index (κ2) is 8.22. The van der Waals surface area contributed by atoms with Gasteiger partial charge in [-0.05, 0) is 30.9 Å². The van der Waals surface area contributed by atoms with E-state index >= 15 is 0 Å². The third-order valence-electron chi connectivity index (χ3n) is 5.12. The number of hydrogen-bond donors (Lipinski definition) is 0. The van der Waals surface area contributed by atoms with Crippen LogP contribution in [0.5, 0.6) is 0 Å². The molecule has 0 bridgehead atoms. The number of anilines is 1. The van der Waals surface area contributed by atoms with Gasteiger partial charge in [0.15, 0.2) is 11.0 Å². The largest absolute Gasteiger partial charge is 0.467 e. The summed E-state index contributed by atoms with van der Waals surface area (Å²) in [5, 5.41) is 13.9. The number of thioether (sulfide) groups is 1. The Morgan fingerprint density at radius 2 is 2.00 bits per heavy atom. The summed E-state index contributed by atoms with van der Waals surface area (Å²) in [6.45, 7) is 11.1. The molecule has 1 fully saturated rings. The Kier molecular flexibility index (Phi) is 5.67. The minimum Gasteiger partial charge on any atom is -0.467 e. The van der Waals surface area contributed by atoms with Crippen molar-refractivity contribution in [3.05, 3.63) is 35.9 Å². The maximum atomic E-state index is 5.58. The lowest BCUT2D eigenvalue weighted by atomic mass is 9.96. The first kappa shape index (κ1) is 20.0. The fraction of sp³-hybridized carbons (Fsp3) is 0.600. The standard InChI is InChI=1S/C20H28N6O2S/c1-14-7-9-25(10-8-14)18-22-23-19(26(18)12-15-6-5-11-27-15)29-13-16-21-17(24-28-16)20(2,3)4/h5-6,11,14H,7-10,12-13H2,1-4H3. The first-order valence-corrected chi connectivity index (χ1v) is 11.0. The van der Waals surface area contributed by atoms with E-state index in [1.54, 1.807) is 18.0 Å². The highest BCUT2D eigenvalue weighted by Gasteiger charge is 2.25. The van der Waals surface area contributed by atoms with Crippen LogP contribution in [0.3, 0.4) is 0 Å². The molecule has 29 heavy (non-hydrogen) atoms. The smallest absolute Gasteiger partial charge is 0.237 e. The SMILES string of the molecule is CC1CCN(c2nnc(SCc3nc(C(C)(C)C)no3)n2Cc2ccco2)CC1. The summed E-state index contributed by atoms with van der Waals surface area (Å²) in [5.74, 6) is 4.41. The van der Waals surface area contributed by atoms with E-state index in [0.717, 1.165) is 35.9 Å². The fourth-order valence-corrected chi connectivity index (χ4v) is 4.04. The molecular formula is C20H28N6O2S. The summed E-state index contributed by atoms with van der Waals surface area (Å²) in [5.41, 5.74) is -0.135. The number of rotatable bonds is 6. The van der Waals surface area contributed by atoms with E-state index in [0.29, 0.717) is 24.0 Å². The summed E-state index contributed by atoms with van der Waals surface area (Å²) in [6, 6.07) is 3.88. The second-order valence-corrected chi connectivity index (χ2v) is 9.61. The highest BCUT2D eigenvalue weighted by molar-refractivity contribution is 7.98. The lowest BCUT2D eigenvalue weighted by Gasteiger charge is -2.31. The van der Waals surface area contributed by atoms with Crippen molar-refractivity contribution in [2.45, 2.75) is 63.4 Å². The lowest BCUT2D eigenvalue weighted by molar-refractivity contribution is 0.372. The monoisotopic (exact) mass is 416 g/mol. The van der Waals surface area contributed by atoms with Crippen molar-refractivity contribution in [1.82, 2.24) is 24.9 Å². The van der Waals surface area contributed by atoms with Crippen LogP contribution in [0, 0.1) is 5.92 Å². The molecule has 0 radical (unpaired) electrons. The van der Waals surface area contributed by atoms with Gasteiger partial charge in [-0.3, -0.25) is 4.57 Å². The van der Waals surface area contributed by atoms with Gasteiger partial charge in [-0.25, -0.2) is 0 Å². The number of piperidine rings is 1. The van der Waals surface area contributed by atoms with Crippen molar-refractivity contribution in [3.63, 3.8) is 0 Å². The molecule has 0 atom stereocenters. The molecule has 0 saturated carbocycles. The number of aromatic nitrogens is 5. The van der Waals surface area contributed by atoms with Crippen molar-refractivity contribution >= 4 is 17.7 Å². The average Bonchev–Trinajstić information content (AvgIpc) is 3.42. The summed E-state index contributed by atoms with van der Waals surface area (Å²) < 4.78 is 13.1. The molecule has 156 valence electrons. The summed E-state index contributed by atoms with van der Waals surface area (Å²) in [7, 11) is 0. The van der Waals surface area contributed by atoms with Crippen molar-refractivity contribution < 1.29 is 8.94 Å². The summed E-state index contributed by atoms with van der Waals surface area (Å²) >= 11 is 1.56. The van der Waals surface area contributed by atoms with Crippen LogP contribution in [0.4, 0.5) is 5.95 Å². The van der Waals surface area contributed by atoms with E-state index in [2.05, 4.69) is 57.5 Å². The van der Waals surface area contributed by atoms with Crippen LogP contribution in [0.15, 0.2) is 32.5 Å². The van der Waals surface area contributed by atoms with Crippen molar-refractivity contribution in [3.8, 4) is 0 Å². The first-order valence-electron chi connectivity index (χ1n) is 10.1.